The van der Waals surface area contributed by atoms with Crippen molar-refractivity contribution in [1.29, 1.82) is 0 Å². The number of hydrogen-bond donors (Lipinski definition) is 2. The van der Waals surface area contributed by atoms with Crippen LogP contribution in [0.3, 0.4) is 0 Å². The number of carbonyl (C=O) groups excluding carboxylic acids is 2. The van der Waals surface area contributed by atoms with E-state index < -0.39 is 0 Å². The molecule has 154 valence electrons. The van der Waals surface area contributed by atoms with Gasteiger partial charge in [0.1, 0.15) is 0 Å². The van der Waals surface area contributed by atoms with Gasteiger partial charge in [-0.15, -0.1) is 0 Å². The normalized spacial score (nSPS) is 14.5. The van der Waals surface area contributed by atoms with Crippen LogP contribution >= 0.6 is 11.6 Å². The van der Waals surface area contributed by atoms with Crippen LogP contribution in [0.2, 0.25) is 5.02 Å². The van der Waals surface area contributed by atoms with Crippen LogP contribution in [0.4, 0.5) is 5.69 Å². The number of piperazine rings is 1. The van der Waals surface area contributed by atoms with Crippen molar-refractivity contribution >= 4 is 29.1 Å². The fraction of sp³-hybridized carbons (Fsp3) is 0.364. The van der Waals surface area contributed by atoms with E-state index in [0.717, 1.165) is 31.7 Å². The Kier molecular flexibility index (Phi) is 7.49. The minimum absolute atomic E-state index is 0.0883. The van der Waals surface area contributed by atoms with Crippen LogP contribution in [0, 0.1) is 0 Å². The zero-order valence-electron chi connectivity index (χ0n) is 16.7. The summed E-state index contributed by atoms with van der Waals surface area (Å²) in [5.74, 6) is -0.301. The van der Waals surface area contributed by atoms with Gasteiger partial charge in [0, 0.05) is 62.0 Å². The van der Waals surface area contributed by atoms with Crippen molar-refractivity contribution < 1.29 is 9.59 Å². The van der Waals surface area contributed by atoms with Crippen LogP contribution in [0.25, 0.3) is 0 Å². The van der Waals surface area contributed by atoms with E-state index in [0.29, 0.717) is 17.1 Å². The summed E-state index contributed by atoms with van der Waals surface area (Å²) in [4.78, 5) is 29.0. The van der Waals surface area contributed by atoms with Gasteiger partial charge in [-0.3, -0.25) is 9.59 Å². The molecule has 0 atom stereocenters. The zero-order valence-corrected chi connectivity index (χ0v) is 17.4. The molecule has 1 aliphatic heterocycles. The number of carbonyl (C=O) groups is 2. The van der Waals surface area contributed by atoms with E-state index in [9.17, 15) is 9.59 Å². The first-order valence-corrected chi connectivity index (χ1v) is 10.2. The minimum Gasteiger partial charge on any atom is -0.369 e. The molecule has 2 amide bonds. The number of nitrogens with one attached hydrogen (secondary N) is 2. The van der Waals surface area contributed by atoms with Gasteiger partial charge in [-0.05, 0) is 42.9 Å². The van der Waals surface area contributed by atoms with Crippen LogP contribution in [0.5, 0.6) is 0 Å². The smallest absolute Gasteiger partial charge is 0.251 e. The van der Waals surface area contributed by atoms with Gasteiger partial charge in [0.15, 0.2) is 0 Å². The summed E-state index contributed by atoms with van der Waals surface area (Å²) in [5.41, 5.74) is 2.81. The molecular weight excluding hydrogens is 388 g/mol. The van der Waals surface area contributed by atoms with E-state index in [2.05, 4.69) is 39.6 Å². The minimum atomic E-state index is -0.213. The highest BCUT2D eigenvalue weighted by atomic mass is 35.5. The van der Waals surface area contributed by atoms with Crippen molar-refractivity contribution in [1.82, 2.24) is 15.5 Å². The highest BCUT2D eigenvalue weighted by Crippen LogP contribution is 2.21. The molecule has 0 bridgehead atoms. The van der Waals surface area contributed by atoms with Gasteiger partial charge in [0.25, 0.3) is 5.91 Å². The van der Waals surface area contributed by atoms with Crippen LogP contribution in [-0.2, 0) is 11.3 Å². The van der Waals surface area contributed by atoms with Gasteiger partial charge < -0.3 is 20.4 Å². The maximum atomic E-state index is 12.2. The number of anilines is 1. The van der Waals surface area contributed by atoms with E-state index in [1.54, 1.807) is 24.3 Å². The Balaban J connectivity index is 1.45. The Labute approximate surface area is 176 Å². The van der Waals surface area contributed by atoms with Gasteiger partial charge in [0.2, 0.25) is 5.91 Å². The van der Waals surface area contributed by atoms with E-state index in [1.807, 2.05) is 12.1 Å². The maximum absolute atomic E-state index is 12.2. The van der Waals surface area contributed by atoms with Gasteiger partial charge >= 0.3 is 0 Å². The number of nitrogens with zero attached hydrogens (tertiary/aromatic N) is 2. The number of para-hydroxylation sites is 1. The molecule has 7 heteroatoms. The summed E-state index contributed by atoms with van der Waals surface area (Å²) in [6.07, 6.45) is 0.232. The molecule has 3 rings (SSSR count). The zero-order chi connectivity index (χ0) is 20.6. The molecule has 0 aliphatic carbocycles. The molecule has 0 saturated carbocycles. The number of amides is 2. The quantitative estimate of drug-likeness (QED) is 0.730. The summed E-state index contributed by atoms with van der Waals surface area (Å²) in [5, 5.41) is 6.30. The number of rotatable bonds is 7. The molecule has 6 nitrogen and oxygen atoms in total. The van der Waals surface area contributed by atoms with Gasteiger partial charge in [-0.25, -0.2) is 0 Å². The highest BCUT2D eigenvalue weighted by Gasteiger charge is 2.17. The van der Waals surface area contributed by atoms with Crippen molar-refractivity contribution in [2.75, 3.05) is 44.7 Å². The Morgan fingerprint density at radius 3 is 2.38 bits per heavy atom. The van der Waals surface area contributed by atoms with Crippen LogP contribution in [-0.4, -0.2) is 56.5 Å². The summed E-state index contributed by atoms with van der Waals surface area (Å²) >= 11 is 5.82. The average molecular weight is 415 g/mol. The summed E-state index contributed by atoms with van der Waals surface area (Å²) < 4.78 is 0. The Bertz CT molecular complexity index is 833. The lowest BCUT2D eigenvalue weighted by atomic mass is 10.1. The molecule has 0 unspecified atom stereocenters. The maximum Gasteiger partial charge on any atom is 0.251 e. The molecule has 1 fully saturated rings. The van der Waals surface area contributed by atoms with Crippen molar-refractivity contribution in [3.05, 3.63) is 64.7 Å². The molecular formula is C22H27ClN4O2. The molecule has 0 aromatic heterocycles. The molecule has 1 heterocycles. The lowest BCUT2D eigenvalue weighted by molar-refractivity contribution is -0.121. The fourth-order valence-electron chi connectivity index (χ4n) is 3.29. The van der Waals surface area contributed by atoms with Gasteiger partial charge in [-0.2, -0.15) is 0 Å². The SMILES string of the molecule is CN1CCN(c2ccccc2CNC(=O)CCNC(=O)c2ccc(Cl)cc2)CC1. The molecule has 1 aliphatic rings. The summed E-state index contributed by atoms with van der Waals surface area (Å²) in [6.45, 7) is 4.80. The predicted octanol–water partition coefficient (Wildman–Crippen LogP) is 2.53. The fourth-order valence-corrected chi connectivity index (χ4v) is 3.42. The number of hydrogen-bond acceptors (Lipinski definition) is 4. The van der Waals surface area contributed by atoms with E-state index >= 15 is 0 Å². The average Bonchev–Trinajstić information content (AvgIpc) is 2.73. The molecule has 2 N–H and O–H groups in total. The third kappa shape index (κ3) is 6.21. The summed E-state index contributed by atoms with van der Waals surface area (Å²) in [6, 6.07) is 14.8. The molecule has 2 aromatic rings. The highest BCUT2D eigenvalue weighted by molar-refractivity contribution is 6.30. The first-order chi connectivity index (χ1) is 14.0. The summed E-state index contributed by atoms with van der Waals surface area (Å²) in [7, 11) is 2.13. The topological polar surface area (TPSA) is 64.7 Å². The molecule has 1 saturated heterocycles. The van der Waals surface area contributed by atoms with Crippen molar-refractivity contribution in [3.63, 3.8) is 0 Å². The number of halogens is 1. The first kappa shape index (κ1) is 21.1. The van der Waals surface area contributed by atoms with E-state index in [-0.39, 0.29) is 24.8 Å². The monoisotopic (exact) mass is 414 g/mol. The van der Waals surface area contributed by atoms with Crippen LogP contribution < -0.4 is 15.5 Å². The first-order valence-electron chi connectivity index (χ1n) is 9.85. The van der Waals surface area contributed by atoms with Crippen molar-refractivity contribution in [2.24, 2.45) is 0 Å². The lowest BCUT2D eigenvalue weighted by Crippen LogP contribution is -2.45. The number of benzene rings is 2. The standard InChI is InChI=1S/C22H27ClN4O2/c1-26-12-14-27(15-13-26)20-5-3-2-4-18(20)16-25-21(28)10-11-24-22(29)17-6-8-19(23)9-7-17/h2-9H,10-16H2,1H3,(H,24,29)(H,25,28). The third-order valence-corrected chi connectivity index (χ3v) is 5.31. The Hall–Kier alpha value is -2.57. The Morgan fingerprint density at radius 1 is 0.966 bits per heavy atom. The van der Waals surface area contributed by atoms with Crippen LogP contribution in [0.1, 0.15) is 22.3 Å². The predicted molar refractivity (Wildman–Crippen MR) is 116 cm³/mol. The second kappa shape index (κ2) is 10.3. The molecule has 0 radical (unpaired) electrons. The van der Waals surface area contributed by atoms with E-state index in [1.165, 1.54) is 5.69 Å². The molecule has 0 spiro atoms. The largest absolute Gasteiger partial charge is 0.369 e. The van der Waals surface area contributed by atoms with Gasteiger partial charge in [0.05, 0.1) is 0 Å². The Morgan fingerprint density at radius 2 is 1.66 bits per heavy atom. The van der Waals surface area contributed by atoms with Crippen molar-refractivity contribution in [2.45, 2.75) is 13.0 Å². The van der Waals surface area contributed by atoms with Crippen molar-refractivity contribution in [3.8, 4) is 0 Å². The molecule has 2 aromatic carbocycles. The second-order valence-electron chi connectivity index (χ2n) is 7.21. The molecule has 29 heavy (non-hydrogen) atoms. The number of likely N-dealkylation sites (N-methyl/N-ethyl adjacent to an activating group) is 1. The van der Waals surface area contributed by atoms with E-state index in [4.69, 9.17) is 11.6 Å². The second-order valence-corrected chi connectivity index (χ2v) is 7.64. The third-order valence-electron chi connectivity index (χ3n) is 5.06. The van der Waals surface area contributed by atoms with Crippen LogP contribution in [0.15, 0.2) is 48.5 Å². The van der Waals surface area contributed by atoms with Gasteiger partial charge in [-0.1, -0.05) is 29.8 Å². The lowest BCUT2D eigenvalue weighted by Gasteiger charge is -2.35.